The molecule has 3 heterocycles. The number of urea groups is 1. The van der Waals surface area contributed by atoms with Gasteiger partial charge in [-0.05, 0) is 61.9 Å². The molecule has 9 heteroatoms. The summed E-state index contributed by atoms with van der Waals surface area (Å²) in [6, 6.07) is 9.72. The molecule has 1 atom stereocenters. The van der Waals surface area contributed by atoms with Gasteiger partial charge in [0.25, 0.3) is 0 Å². The fourth-order valence-electron chi connectivity index (χ4n) is 4.05. The summed E-state index contributed by atoms with van der Waals surface area (Å²) < 4.78 is 12.3. The van der Waals surface area contributed by atoms with Gasteiger partial charge in [0.2, 0.25) is 0 Å². The van der Waals surface area contributed by atoms with Gasteiger partial charge < -0.3 is 19.7 Å². The minimum atomic E-state index is -0.0858. The average molecular weight is 437 g/mol. The van der Waals surface area contributed by atoms with Gasteiger partial charge >= 0.3 is 6.03 Å². The number of carbonyl (C=O) groups is 1. The maximum absolute atomic E-state index is 13.0. The van der Waals surface area contributed by atoms with Crippen LogP contribution < -0.4 is 14.8 Å². The molecule has 0 bridgehead atoms. The van der Waals surface area contributed by atoms with Gasteiger partial charge in [-0.1, -0.05) is 6.07 Å². The van der Waals surface area contributed by atoms with Gasteiger partial charge in [-0.15, -0.1) is 0 Å². The Morgan fingerprint density at radius 1 is 1.16 bits per heavy atom. The SMILES string of the molecule is COc1ccc(CC[C@H]2CCCCN2C(=O)Nc2ccc(-n3cncn3)nc2)cc1OC. The van der Waals surface area contributed by atoms with Crippen LogP contribution in [0.25, 0.3) is 5.82 Å². The Bertz CT molecular complexity index is 1020. The van der Waals surface area contributed by atoms with Gasteiger partial charge in [0.15, 0.2) is 17.3 Å². The summed E-state index contributed by atoms with van der Waals surface area (Å²) in [6.45, 7) is 0.757. The van der Waals surface area contributed by atoms with E-state index in [1.807, 2.05) is 23.1 Å². The topological polar surface area (TPSA) is 94.4 Å². The number of benzene rings is 1. The Morgan fingerprint density at radius 2 is 2.03 bits per heavy atom. The number of aryl methyl sites for hydroxylation is 1. The number of hydrogen-bond donors (Lipinski definition) is 1. The second-order valence-corrected chi connectivity index (χ2v) is 7.75. The minimum Gasteiger partial charge on any atom is -0.493 e. The molecule has 3 aromatic rings. The van der Waals surface area contributed by atoms with Crippen LogP contribution >= 0.6 is 0 Å². The standard InChI is InChI=1S/C23H28N6O3/c1-31-20-10-7-17(13-21(20)32-2)6-9-19-5-3-4-12-28(19)23(30)27-18-8-11-22(25-14-18)29-16-24-15-26-29/h7-8,10-11,13-16,19H,3-6,9,12H2,1-2H3,(H,27,30)/t19-/m1/s1. The number of likely N-dealkylation sites (tertiary alicyclic amines) is 1. The van der Waals surface area contributed by atoms with Crippen molar-refractivity contribution in [2.24, 2.45) is 0 Å². The quantitative estimate of drug-likeness (QED) is 0.607. The number of hydrogen-bond acceptors (Lipinski definition) is 6. The predicted octanol–water partition coefficient (Wildman–Crippen LogP) is 3.70. The number of amides is 2. The number of anilines is 1. The average Bonchev–Trinajstić information content (AvgIpc) is 3.38. The van der Waals surface area contributed by atoms with Crippen molar-refractivity contribution in [3.63, 3.8) is 0 Å². The van der Waals surface area contributed by atoms with Gasteiger partial charge in [0.1, 0.15) is 12.7 Å². The van der Waals surface area contributed by atoms with Gasteiger partial charge in [-0.2, -0.15) is 5.10 Å². The molecule has 1 fully saturated rings. The van der Waals surface area contributed by atoms with Crippen molar-refractivity contribution in [2.45, 2.75) is 38.1 Å². The fourth-order valence-corrected chi connectivity index (χ4v) is 4.05. The Hall–Kier alpha value is -3.62. The van der Waals surface area contributed by atoms with E-state index in [4.69, 9.17) is 9.47 Å². The zero-order valence-electron chi connectivity index (χ0n) is 18.4. The number of methoxy groups -OCH3 is 2. The molecule has 1 saturated heterocycles. The maximum atomic E-state index is 13.0. The summed E-state index contributed by atoms with van der Waals surface area (Å²) in [5.41, 5.74) is 1.82. The highest BCUT2D eigenvalue weighted by Crippen LogP contribution is 2.29. The molecular formula is C23H28N6O3. The molecule has 2 amide bonds. The molecule has 0 saturated carbocycles. The summed E-state index contributed by atoms with van der Waals surface area (Å²) >= 11 is 0. The normalized spacial score (nSPS) is 15.9. The Labute approximate surface area is 187 Å². The second kappa shape index (κ2) is 10.1. The number of ether oxygens (including phenoxy) is 2. The summed E-state index contributed by atoms with van der Waals surface area (Å²) in [5.74, 6) is 2.09. The van der Waals surface area contributed by atoms with Gasteiger partial charge in [-0.3, -0.25) is 0 Å². The number of piperidine rings is 1. The smallest absolute Gasteiger partial charge is 0.322 e. The van der Waals surface area contributed by atoms with Crippen LogP contribution in [-0.4, -0.2) is 57.5 Å². The number of pyridine rings is 1. The summed E-state index contributed by atoms with van der Waals surface area (Å²) in [5, 5.41) is 7.05. The van der Waals surface area contributed by atoms with Crippen molar-refractivity contribution in [3.05, 3.63) is 54.7 Å². The Morgan fingerprint density at radius 3 is 2.75 bits per heavy atom. The van der Waals surface area contributed by atoms with Crippen LogP contribution in [0.1, 0.15) is 31.2 Å². The van der Waals surface area contributed by atoms with Crippen LogP contribution in [0.15, 0.2) is 49.2 Å². The molecule has 168 valence electrons. The molecule has 9 nitrogen and oxygen atoms in total. The van der Waals surface area contributed by atoms with Crippen molar-refractivity contribution in [2.75, 3.05) is 26.1 Å². The highest BCUT2D eigenvalue weighted by atomic mass is 16.5. The molecule has 32 heavy (non-hydrogen) atoms. The minimum absolute atomic E-state index is 0.0858. The van der Waals surface area contributed by atoms with E-state index in [9.17, 15) is 4.79 Å². The zero-order valence-corrected chi connectivity index (χ0v) is 18.4. The molecule has 4 rings (SSSR count). The van der Waals surface area contributed by atoms with Crippen LogP contribution in [-0.2, 0) is 6.42 Å². The van der Waals surface area contributed by atoms with Crippen LogP contribution in [0, 0.1) is 0 Å². The molecule has 0 unspecified atom stereocenters. The van der Waals surface area contributed by atoms with Crippen molar-refractivity contribution in [1.82, 2.24) is 24.6 Å². The zero-order chi connectivity index (χ0) is 22.3. The Balaban J connectivity index is 1.38. The monoisotopic (exact) mass is 436 g/mol. The van der Waals surface area contributed by atoms with Gasteiger partial charge in [-0.25, -0.2) is 19.4 Å². The molecular weight excluding hydrogens is 408 g/mol. The van der Waals surface area contributed by atoms with Crippen LogP contribution in [0.4, 0.5) is 10.5 Å². The van der Waals surface area contributed by atoms with Crippen LogP contribution in [0.2, 0.25) is 0 Å². The third kappa shape index (κ3) is 4.99. The lowest BCUT2D eigenvalue weighted by atomic mass is 9.96. The van der Waals surface area contributed by atoms with E-state index in [0.717, 1.165) is 50.1 Å². The van der Waals surface area contributed by atoms with Crippen molar-refractivity contribution < 1.29 is 14.3 Å². The predicted molar refractivity (Wildman–Crippen MR) is 120 cm³/mol. The summed E-state index contributed by atoms with van der Waals surface area (Å²) in [4.78, 5) is 23.2. The molecule has 1 N–H and O–H groups in total. The third-order valence-electron chi connectivity index (χ3n) is 5.75. The number of carbonyl (C=O) groups excluding carboxylic acids is 1. The number of nitrogens with zero attached hydrogens (tertiary/aromatic N) is 5. The first-order valence-electron chi connectivity index (χ1n) is 10.8. The van der Waals surface area contributed by atoms with Crippen LogP contribution in [0.3, 0.4) is 0 Å². The summed E-state index contributed by atoms with van der Waals surface area (Å²) in [7, 11) is 3.27. The van der Waals surface area contributed by atoms with Crippen LogP contribution in [0.5, 0.6) is 11.5 Å². The van der Waals surface area contributed by atoms with Crippen molar-refractivity contribution >= 4 is 11.7 Å². The lowest BCUT2D eigenvalue weighted by molar-refractivity contribution is 0.158. The molecule has 0 spiro atoms. The van der Waals surface area contributed by atoms with Crippen molar-refractivity contribution in [1.29, 1.82) is 0 Å². The molecule has 1 aromatic carbocycles. The first kappa shape index (κ1) is 21.6. The molecule has 1 aliphatic heterocycles. The lowest BCUT2D eigenvalue weighted by Gasteiger charge is -2.36. The van der Waals surface area contributed by atoms with E-state index in [2.05, 4.69) is 26.4 Å². The largest absolute Gasteiger partial charge is 0.493 e. The van der Waals surface area contributed by atoms with E-state index in [1.54, 1.807) is 37.5 Å². The number of aromatic nitrogens is 4. The first-order chi connectivity index (χ1) is 15.7. The van der Waals surface area contributed by atoms with Gasteiger partial charge in [0, 0.05) is 12.6 Å². The Kier molecular flexibility index (Phi) is 6.84. The first-order valence-corrected chi connectivity index (χ1v) is 10.8. The van der Waals surface area contributed by atoms with Crippen molar-refractivity contribution in [3.8, 4) is 17.3 Å². The van der Waals surface area contributed by atoms with E-state index in [-0.39, 0.29) is 12.1 Å². The number of nitrogens with one attached hydrogen (secondary N) is 1. The summed E-state index contributed by atoms with van der Waals surface area (Å²) in [6.07, 6.45) is 9.59. The molecule has 1 aliphatic rings. The van der Waals surface area contributed by atoms with E-state index < -0.39 is 0 Å². The van der Waals surface area contributed by atoms with E-state index in [1.165, 1.54) is 11.9 Å². The van der Waals surface area contributed by atoms with E-state index >= 15 is 0 Å². The maximum Gasteiger partial charge on any atom is 0.322 e. The third-order valence-corrected chi connectivity index (χ3v) is 5.75. The molecule has 0 radical (unpaired) electrons. The number of rotatable bonds is 7. The molecule has 0 aliphatic carbocycles. The highest BCUT2D eigenvalue weighted by Gasteiger charge is 2.26. The lowest BCUT2D eigenvalue weighted by Crippen LogP contribution is -2.46. The van der Waals surface area contributed by atoms with E-state index in [0.29, 0.717) is 11.5 Å². The van der Waals surface area contributed by atoms with Gasteiger partial charge in [0.05, 0.1) is 26.1 Å². The highest BCUT2D eigenvalue weighted by molar-refractivity contribution is 5.89. The second-order valence-electron chi connectivity index (χ2n) is 7.75. The fraction of sp³-hybridized carbons (Fsp3) is 0.391. The molecule has 2 aromatic heterocycles.